The van der Waals surface area contributed by atoms with E-state index in [1.165, 1.54) is 11.1 Å². The third kappa shape index (κ3) is 3.95. The third-order valence-corrected chi connectivity index (χ3v) is 7.08. The van der Waals surface area contributed by atoms with Crippen molar-refractivity contribution in [2.75, 3.05) is 25.4 Å². The Kier molecular flexibility index (Phi) is 5.61. The van der Waals surface area contributed by atoms with Crippen molar-refractivity contribution in [2.45, 2.75) is 43.1 Å². The van der Waals surface area contributed by atoms with Gasteiger partial charge in [-0.15, -0.1) is 0 Å². The van der Waals surface area contributed by atoms with E-state index in [-0.39, 0.29) is 18.1 Å². The molecule has 0 spiro atoms. The number of nitrogens with zero attached hydrogens (tertiary/aromatic N) is 2. The molecule has 27 heavy (non-hydrogen) atoms. The van der Waals surface area contributed by atoms with Crippen LogP contribution in [0, 0.1) is 0 Å². The molecule has 3 unspecified atom stereocenters. The van der Waals surface area contributed by atoms with Crippen LogP contribution in [-0.2, 0) is 13.0 Å². The zero-order valence-corrected chi connectivity index (χ0v) is 16.5. The molecule has 3 atom stereocenters. The number of nitrogens with one attached hydrogen (secondary N) is 1. The first kappa shape index (κ1) is 18.7. The van der Waals surface area contributed by atoms with Gasteiger partial charge in [0.25, 0.3) is 0 Å². The number of urea groups is 1. The van der Waals surface area contributed by atoms with E-state index in [2.05, 4.69) is 34.5 Å². The highest BCUT2D eigenvalue weighted by Gasteiger charge is 2.38. The van der Waals surface area contributed by atoms with E-state index < -0.39 is 0 Å². The minimum Gasteiger partial charge on any atom is -0.357 e. The van der Waals surface area contributed by atoms with Crippen LogP contribution >= 0.6 is 11.8 Å². The number of likely N-dealkylation sites (tertiary alicyclic amines) is 1. The maximum atomic E-state index is 12.8. The predicted molar refractivity (Wildman–Crippen MR) is 110 cm³/mol. The Balaban J connectivity index is 1.58. The average molecular weight is 388 g/mol. The van der Waals surface area contributed by atoms with Gasteiger partial charge in [-0.2, -0.15) is 11.8 Å². The fourth-order valence-electron chi connectivity index (χ4n) is 4.34. The molecule has 1 aromatic carbocycles. The Hall–Kier alpha value is -1.70. The number of thioether (sulfide) groups is 1. The van der Waals surface area contributed by atoms with Crippen molar-refractivity contribution >= 4 is 17.8 Å². The predicted octanol–water partition coefficient (Wildman–Crippen LogP) is 1.46. The molecule has 0 aliphatic carbocycles. The summed E-state index contributed by atoms with van der Waals surface area (Å²) in [5.74, 6) is 1.91. The molecule has 2 amide bonds. The molecule has 146 valence electrons. The van der Waals surface area contributed by atoms with Gasteiger partial charge in [0.15, 0.2) is 0 Å². The molecule has 0 aromatic heterocycles. The second kappa shape index (κ2) is 8.12. The topological polar surface area (TPSA) is 87.6 Å². The van der Waals surface area contributed by atoms with Crippen LogP contribution in [0.15, 0.2) is 36.2 Å². The number of nitrogens with two attached hydrogens (primary N) is 2. The molecule has 1 aromatic rings. The van der Waals surface area contributed by atoms with Crippen LogP contribution in [0.5, 0.6) is 0 Å². The smallest absolute Gasteiger partial charge is 0.323 e. The molecular weight excluding hydrogens is 358 g/mol. The highest BCUT2D eigenvalue weighted by molar-refractivity contribution is 8.00. The summed E-state index contributed by atoms with van der Waals surface area (Å²) in [4.78, 5) is 17.0. The minimum absolute atomic E-state index is 0.0223. The van der Waals surface area contributed by atoms with Gasteiger partial charge in [0.1, 0.15) is 5.82 Å². The number of hydrogen-bond donors (Lipinski definition) is 3. The Morgan fingerprint density at radius 3 is 2.81 bits per heavy atom. The molecule has 5 N–H and O–H groups in total. The quantitative estimate of drug-likeness (QED) is 0.728. The van der Waals surface area contributed by atoms with Gasteiger partial charge in [-0.1, -0.05) is 24.3 Å². The van der Waals surface area contributed by atoms with Gasteiger partial charge in [0.2, 0.25) is 0 Å². The van der Waals surface area contributed by atoms with Crippen LogP contribution < -0.4 is 16.8 Å². The van der Waals surface area contributed by atoms with Gasteiger partial charge < -0.3 is 21.3 Å². The van der Waals surface area contributed by atoms with Crippen LogP contribution in [0.4, 0.5) is 4.79 Å². The van der Waals surface area contributed by atoms with E-state index in [1.807, 2.05) is 22.7 Å². The summed E-state index contributed by atoms with van der Waals surface area (Å²) in [5.41, 5.74) is 14.6. The van der Waals surface area contributed by atoms with E-state index in [0.29, 0.717) is 11.8 Å². The first-order chi connectivity index (χ1) is 13.2. The van der Waals surface area contributed by atoms with Crippen molar-refractivity contribution < 1.29 is 4.79 Å². The lowest BCUT2D eigenvalue weighted by atomic mass is 9.97. The van der Waals surface area contributed by atoms with Gasteiger partial charge in [-0.25, -0.2) is 4.79 Å². The third-order valence-electron chi connectivity index (χ3n) is 5.79. The lowest BCUT2D eigenvalue weighted by Crippen LogP contribution is -2.59. The van der Waals surface area contributed by atoms with Crippen molar-refractivity contribution in [2.24, 2.45) is 11.5 Å². The Bertz CT molecular complexity index is 724. The van der Waals surface area contributed by atoms with Crippen LogP contribution in [-0.4, -0.2) is 58.6 Å². The molecule has 0 radical (unpaired) electrons. The van der Waals surface area contributed by atoms with Gasteiger partial charge in [0, 0.05) is 43.2 Å². The van der Waals surface area contributed by atoms with Gasteiger partial charge in [0.05, 0.1) is 6.04 Å². The summed E-state index contributed by atoms with van der Waals surface area (Å²) in [5, 5.41) is 3.44. The first-order valence-corrected chi connectivity index (χ1v) is 10.9. The maximum absolute atomic E-state index is 12.8. The maximum Gasteiger partial charge on any atom is 0.323 e. The van der Waals surface area contributed by atoms with Crippen LogP contribution in [0.1, 0.15) is 24.0 Å². The summed E-state index contributed by atoms with van der Waals surface area (Å²) in [7, 11) is 0. The first-order valence-electron chi connectivity index (χ1n) is 9.84. The Morgan fingerprint density at radius 2 is 2.04 bits per heavy atom. The molecule has 0 bridgehead atoms. The lowest BCUT2D eigenvalue weighted by molar-refractivity contribution is 0.167. The van der Waals surface area contributed by atoms with E-state index >= 15 is 0 Å². The number of fused-ring (bicyclic) bond motifs is 1. The lowest BCUT2D eigenvalue weighted by Gasteiger charge is -2.45. The van der Waals surface area contributed by atoms with Gasteiger partial charge in [-0.3, -0.25) is 5.32 Å². The average Bonchev–Trinajstić information content (AvgIpc) is 2.69. The number of benzene rings is 1. The molecule has 2 saturated heterocycles. The zero-order valence-electron chi connectivity index (χ0n) is 15.6. The van der Waals surface area contributed by atoms with Crippen LogP contribution in [0.3, 0.4) is 0 Å². The Labute approximate surface area is 165 Å². The second-order valence-corrected chi connectivity index (χ2v) is 8.95. The zero-order chi connectivity index (χ0) is 18.8. The van der Waals surface area contributed by atoms with Crippen LogP contribution in [0.2, 0.25) is 0 Å². The standard InChI is InChI=1S/C20H29N5OS/c21-12-15-5-2-1-4-14(15)10-18-17-11-19(24-7-3-6-16(22)13-24)23-20(26)25(17)8-9-27-18/h1-2,4-5,11,16-18H,3,6-10,12-13,21-22H2,(H,23,26). The van der Waals surface area contributed by atoms with E-state index in [1.54, 1.807) is 0 Å². The number of hydrogen-bond acceptors (Lipinski definition) is 5. The molecule has 6 nitrogen and oxygen atoms in total. The molecule has 3 heterocycles. The normalized spacial score (nSPS) is 28.4. The van der Waals surface area contributed by atoms with Crippen molar-refractivity contribution in [3.05, 3.63) is 47.3 Å². The summed E-state index contributed by atoms with van der Waals surface area (Å²) >= 11 is 1.96. The summed E-state index contributed by atoms with van der Waals surface area (Å²) in [6.07, 6.45) is 5.31. The Morgan fingerprint density at radius 1 is 1.22 bits per heavy atom. The second-order valence-electron chi connectivity index (χ2n) is 7.60. The van der Waals surface area contributed by atoms with Crippen molar-refractivity contribution in [3.63, 3.8) is 0 Å². The monoisotopic (exact) mass is 387 g/mol. The van der Waals surface area contributed by atoms with Gasteiger partial charge in [-0.05, 0) is 36.5 Å². The number of rotatable bonds is 4. The van der Waals surface area contributed by atoms with Crippen molar-refractivity contribution in [3.8, 4) is 0 Å². The summed E-state index contributed by atoms with van der Waals surface area (Å²) in [6.45, 7) is 3.11. The molecule has 7 heteroatoms. The molecule has 3 aliphatic rings. The molecule has 2 fully saturated rings. The molecular formula is C20H29N5OS. The highest BCUT2D eigenvalue weighted by Crippen LogP contribution is 2.32. The highest BCUT2D eigenvalue weighted by atomic mass is 32.2. The van der Waals surface area contributed by atoms with Crippen molar-refractivity contribution in [1.82, 2.24) is 15.1 Å². The minimum atomic E-state index is 0.0223. The number of carbonyl (C=O) groups excluding carboxylic acids is 1. The largest absolute Gasteiger partial charge is 0.357 e. The fourth-order valence-corrected chi connectivity index (χ4v) is 5.66. The van der Waals surface area contributed by atoms with E-state index in [9.17, 15) is 4.79 Å². The number of amides is 2. The molecule has 3 aliphatic heterocycles. The van der Waals surface area contributed by atoms with Crippen molar-refractivity contribution in [1.29, 1.82) is 0 Å². The molecule has 0 saturated carbocycles. The number of carbonyl (C=O) groups is 1. The van der Waals surface area contributed by atoms with E-state index in [0.717, 1.165) is 50.5 Å². The van der Waals surface area contributed by atoms with E-state index in [4.69, 9.17) is 11.5 Å². The van der Waals surface area contributed by atoms with Gasteiger partial charge >= 0.3 is 6.03 Å². The SMILES string of the molecule is NCc1ccccc1CC1SCCN2C(=O)NC(N3CCCC(N)C3)=CC12. The summed E-state index contributed by atoms with van der Waals surface area (Å²) < 4.78 is 0. The summed E-state index contributed by atoms with van der Waals surface area (Å²) in [6, 6.07) is 8.69. The fraction of sp³-hybridized carbons (Fsp3) is 0.550. The number of piperidine rings is 1. The molecule has 4 rings (SSSR count). The van der Waals surface area contributed by atoms with Crippen LogP contribution in [0.25, 0.3) is 0 Å².